The molecular weight excluding hydrogens is 348 g/mol. The number of carbonyl (C=O) groups excluding carboxylic acids is 2. The Bertz CT molecular complexity index is 861. The number of nitriles is 1. The maximum Gasteiger partial charge on any atom is 0.337 e. The molecule has 1 atom stereocenters. The summed E-state index contributed by atoms with van der Waals surface area (Å²) in [6, 6.07) is 8.77. The Kier molecular flexibility index (Phi) is 6.37. The average Bonchev–Trinajstić information content (AvgIpc) is 2.65. The van der Waals surface area contributed by atoms with Crippen LogP contribution in [-0.4, -0.2) is 36.9 Å². The fraction of sp³-hybridized carbons (Fsp3) is 0.350. The van der Waals surface area contributed by atoms with Crippen LogP contribution in [0.5, 0.6) is 0 Å². The van der Waals surface area contributed by atoms with E-state index in [1.54, 1.807) is 45.0 Å². The van der Waals surface area contributed by atoms with Gasteiger partial charge in [-0.2, -0.15) is 5.26 Å². The smallest absolute Gasteiger partial charge is 0.337 e. The Morgan fingerprint density at radius 3 is 2.48 bits per heavy atom. The lowest BCUT2D eigenvalue weighted by molar-refractivity contribution is -0.143. The lowest BCUT2D eigenvalue weighted by Gasteiger charge is -2.31. The lowest BCUT2D eigenvalue weighted by Crippen LogP contribution is -2.35. The number of allylic oxidation sites excluding steroid dienone is 1. The van der Waals surface area contributed by atoms with E-state index in [0.29, 0.717) is 16.8 Å². The number of aliphatic hydroxyl groups is 1. The molecule has 1 aromatic rings. The number of benzene rings is 1. The van der Waals surface area contributed by atoms with Gasteiger partial charge in [0.1, 0.15) is 0 Å². The van der Waals surface area contributed by atoms with Gasteiger partial charge in [-0.05, 0) is 32.4 Å². The fourth-order valence-electron chi connectivity index (χ4n) is 3.08. The maximum atomic E-state index is 12.8. The standard InChI is InChI=1S/C20H22N2O5/c1-11(2)27-20(25)16-12(3)22-15(10-23)18(19(24)26-4)17(16)14-8-6-5-7-13(14)9-21/h5-8,11,17,22-23H,10H2,1-4H3. The van der Waals surface area contributed by atoms with Gasteiger partial charge >= 0.3 is 11.9 Å². The SMILES string of the molecule is COC(=O)C1=C(CO)NC(C)=C(C(=O)OC(C)C)C1c1ccccc1C#N. The third-order valence-electron chi connectivity index (χ3n) is 4.16. The third kappa shape index (κ3) is 4.01. The van der Waals surface area contributed by atoms with E-state index in [2.05, 4.69) is 11.4 Å². The van der Waals surface area contributed by atoms with Crippen LogP contribution < -0.4 is 5.32 Å². The largest absolute Gasteiger partial charge is 0.466 e. The van der Waals surface area contributed by atoms with Gasteiger partial charge in [0.15, 0.2) is 0 Å². The summed E-state index contributed by atoms with van der Waals surface area (Å²) in [5.74, 6) is -2.21. The molecule has 1 aromatic carbocycles. The maximum absolute atomic E-state index is 12.8. The van der Waals surface area contributed by atoms with Crippen molar-refractivity contribution >= 4 is 11.9 Å². The number of hydrogen-bond acceptors (Lipinski definition) is 7. The number of hydrogen-bond donors (Lipinski definition) is 2. The molecule has 0 aromatic heterocycles. The number of methoxy groups -OCH3 is 1. The van der Waals surface area contributed by atoms with E-state index in [4.69, 9.17) is 9.47 Å². The van der Waals surface area contributed by atoms with Crippen molar-refractivity contribution in [1.82, 2.24) is 5.32 Å². The first-order chi connectivity index (χ1) is 12.8. The van der Waals surface area contributed by atoms with E-state index >= 15 is 0 Å². The molecule has 1 aliphatic rings. The summed E-state index contributed by atoms with van der Waals surface area (Å²) in [5, 5.41) is 22.2. The zero-order valence-corrected chi connectivity index (χ0v) is 15.7. The van der Waals surface area contributed by atoms with Crippen LogP contribution in [0.15, 0.2) is 46.8 Å². The Labute approximate surface area is 157 Å². The monoisotopic (exact) mass is 370 g/mol. The first-order valence-corrected chi connectivity index (χ1v) is 8.45. The summed E-state index contributed by atoms with van der Waals surface area (Å²) in [4.78, 5) is 25.3. The van der Waals surface area contributed by atoms with Crippen molar-refractivity contribution in [3.8, 4) is 6.07 Å². The Hall–Kier alpha value is -3.11. The highest BCUT2D eigenvalue weighted by Gasteiger charge is 2.39. The highest BCUT2D eigenvalue weighted by Crippen LogP contribution is 2.40. The van der Waals surface area contributed by atoms with Crippen LogP contribution >= 0.6 is 0 Å². The molecule has 0 fully saturated rings. The second-order valence-electron chi connectivity index (χ2n) is 6.29. The zero-order valence-electron chi connectivity index (χ0n) is 15.7. The quantitative estimate of drug-likeness (QED) is 0.762. The van der Waals surface area contributed by atoms with E-state index in [-0.39, 0.29) is 22.9 Å². The second kappa shape index (κ2) is 8.52. The molecule has 1 heterocycles. The van der Waals surface area contributed by atoms with E-state index in [1.165, 1.54) is 7.11 Å². The van der Waals surface area contributed by atoms with Gasteiger partial charge in [-0.25, -0.2) is 9.59 Å². The molecule has 7 nitrogen and oxygen atoms in total. The van der Waals surface area contributed by atoms with Crippen molar-refractivity contribution in [3.63, 3.8) is 0 Å². The third-order valence-corrected chi connectivity index (χ3v) is 4.16. The van der Waals surface area contributed by atoms with Gasteiger partial charge in [-0.3, -0.25) is 0 Å². The summed E-state index contributed by atoms with van der Waals surface area (Å²) in [7, 11) is 1.22. The normalized spacial score (nSPS) is 16.7. The van der Waals surface area contributed by atoms with Crippen molar-refractivity contribution in [2.24, 2.45) is 0 Å². The molecule has 7 heteroatoms. The summed E-state index contributed by atoms with van der Waals surface area (Å²) in [6.07, 6.45) is -0.366. The van der Waals surface area contributed by atoms with E-state index in [1.807, 2.05) is 0 Å². The summed E-state index contributed by atoms with van der Waals surface area (Å²) in [6.45, 7) is 4.64. The highest BCUT2D eigenvalue weighted by atomic mass is 16.5. The van der Waals surface area contributed by atoms with Gasteiger partial charge in [0, 0.05) is 5.70 Å². The van der Waals surface area contributed by atoms with Crippen molar-refractivity contribution < 1.29 is 24.2 Å². The molecule has 1 unspecified atom stereocenters. The number of ether oxygens (including phenoxy) is 2. The molecule has 0 spiro atoms. The Morgan fingerprint density at radius 1 is 1.26 bits per heavy atom. The Balaban J connectivity index is 2.77. The van der Waals surface area contributed by atoms with Crippen molar-refractivity contribution in [1.29, 1.82) is 5.26 Å². The van der Waals surface area contributed by atoms with Gasteiger partial charge < -0.3 is 19.9 Å². The minimum Gasteiger partial charge on any atom is -0.466 e. The number of aliphatic hydroxyl groups excluding tert-OH is 1. The van der Waals surface area contributed by atoms with Crippen LogP contribution in [0.4, 0.5) is 0 Å². The number of dihydropyridines is 1. The van der Waals surface area contributed by atoms with E-state index in [0.717, 1.165) is 0 Å². The lowest BCUT2D eigenvalue weighted by atomic mass is 9.78. The molecule has 27 heavy (non-hydrogen) atoms. The van der Waals surface area contributed by atoms with Crippen molar-refractivity contribution in [3.05, 3.63) is 57.9 Å². The Morgan fingerprint density at radius 2 is 1.93 bits per heavy atom. The van der Waals surface area contributed by atoms with Crippen LogP contribution in [-0.2, 0) is 19.1 Å². The van der Waals surface area contributed by atoms with Gasteiger partial charge in [-0.1, -0.05) is 18.2 Å². The van der Waals surface area contributed by atoms with Gasteiger partial charge in [0.05, 0.1) is 54.2 Å². The van der Waals surface area contributed by atoms with Crippen LogP contribution in [0.25, 0.3) is 0 Å². The van der Waals surface area contributed by atoms with E-state index in [9.17, 15) is 20.0 Å². The molecule has 0 saturated heterocycles. The molecule has 2 rings (SSSR count). The minimum atomic E-state index is -0.900. The van der Waals surface area contributed by atoms with Crippen molar-refractivity contribution in [2.75, 3.05) is 13.7 Å². The minimum absolute atomic E-state index is 0.0732. The first kappa shape index (κ1) is 20.2. The van der Waals surface area contributed by atoms with Crippen LogP contribution in [0.1, 0.15) is 37.8 Å². The molecule has 0 bridgehead atoms. The molecular formula is C20H22N2O5. The highest BCUT2D eigenvalue weighted by molar-refractivity contribution is 6.00. The summed E-state index contributed by atoms with van der Waals surface area (Å²) < 4.78 is 10.2. The van der Waals surface area contributed by atoms with Crippen LogP contribution in [0, 0.1) is 11.3 Å². The molecule has 0 amide bonds. The average molecular weight is 370 g/mol. The van der Waals surface area contributed by atoms with Gasteiger partial charge in [0.25, 0.3) is 0 Å². The van der Waals surface area contributed by atoms with Crippen LogP contribution in [0.2, 0.25) is 0 Å². The summed E-state index contributed by atoms with van der Waals surface area (Å²) in [5.41, 5.74) is 1.70. The fourth-order valence-corrected chi connectivity index (χ4v) is 3.08. The topological polar surface area (TPSA) is 109 Å². The number of nitrogens with one attached hydrogen (secondary N) is 1. The number of nitrogens with zero attached hydrogens (tertiary/aromatic N) is 1. The van der Waals surface area contributed by atoms with Crippen LogP contribution in [0.3, 0.4) is 0 Å². The molecule has 142 valence electrons. The van der Waals surface area contributed by atoms with Crippen molar-refractivity contribution in [2.45, 2.75) is 32.8 Å². The molecule has 0 saturated carbocycles. The number of rotatable bonds is 5. The first-order valence-electron chi connectivity index (χ1n) is 8.45. The van der Waals surface area contributed by atoms with E-state index < -0.39 is 24.5 Å². The van der Waals surface area contributed by atoms with Gasteiger partial charge in [0.2, 0.25) is 0 Å². The molecule has 0 aliphatic carbocycles. The van der Waals surface area contributed by atoms with Gasteiger partial charge in [-0.15, -0.1) is 0 Å². The number of carbonyl (C=O) groups is 2. The predicted octanol–water partition coefficient (Wildman–Crippen LogP) is 1.89. The predicted molar refractivity (Wildman–Crippen MR) is 97.1 cm³/mol. The molecule has 1 aliphatic heterocycles. The zero-order chi connectivity index (χ0) is 20.1. The number of esters is 2. The molecule has 2 N–H and O–H groups in total. The molecule has 0 radical (unpaired) electrons. The summed E-state index contributed by atoms with van der Waals surface area (Å²) >= 11 is 0. The second-order valence-corrected chi connectivity index (χ2v) is 6.29.